The summed E-state index contributed by atoms with van der Waals surface area (Å²) in [5, 5.41) is 13.5. The van der Waals surface area contributed by atoms with Crippen molar-refractivity contribution in [2.24, 2.45) is 0 Å². The monoisotopic (exact) mass is 305 g/mol. The predicted molar refractivity (Wildman–Crippen MR) is 83.1 cm³/mol. The number of fused-ring (bicyclic) bond motifs is 1. The number of rotatable bonds is 3. The Labute approximate surface area is 130 Å². The Bertz CT molecular complexity index is 989. The van der Waals surface area contributed by atoms with Crippen molar-refractivity contribution in [1.82, 2.24) is 14.6 Å². The van der Waals surface area contributed by atoms with Gasteiger partial charge in [0.25, 0.3) is 0 Å². The fourth-order valence-corrected chi connectivity index (χ4v) is 2.58. The van der Waals surface area contributed by atoms with Gasteiger partial charge < -0.3 is 9.52 Å². The van der Waals surface area contributed by atoms with Crippen LogP contribution in [-0.2, 0) is 0 Å². The van der Waals surface area contributed by atoms with E-state index < -0.39 is 5.97 Å². The lowest BCUT2D eigenvalue weighted by Gasteiger charge is -2.10. The van der Waals surface area contributed by atoms with Crippen LogP contribution in [0.3, 0.4) is 0 Å². The highest BCUT2D eigenvalue weighted by atomic mass is 16.4. The third-order valence-electron chi connectivity index (χ3n) is 3.64. The molecule has 0 saturated carbocycles. The van der Waals surface area contributed by atoms with Gasteiger partial charge in [-0.3, -0.25) is 0 Å². The molecule has 0 fully saturated rings. The first kappa shape index (κ1) is 13.3. The van der Waals surface area contributed by atoms with Gasteiger partial charge in [-0.2, -0.15) is 5.10 Å². The Hall–Kier alpha value is -3.41. The van der Waals surface area contributed by atoms with E-state index in [2.05, 4.69) is 10.1 Å². The van der Waals surface area contributed by atoms with Gasteiger partial charge in [-0.25, -0.2) is 14.3 Å². The van der Waals surface area contributed by atoms with Crippen LogP contribution >= 0.6 is 0 Å². The molecule has 0 saturated heterocycles. The topological polar surface area (TPSA) is 80.6 Å². The van der Waals surface area contributed by atoms with Crippen LogP contribution in [0.2, 0.25) is 0 Å². The summed E-state index contributed by atoms with van der Waals surface area (Å²) < 4.78 is 6.72. The second-order valence-corrected chi connectivity index (χ2v) is 5.00. The largest absolute Gasteiger partial charge is 0.477 e. The van der Waals surface area contributed by atoms with Crippen LogP contribution in [0.5, 0.6) is 0 Å². The lowest BCUT2D eigenvalue weighted by molar-refractivity contribution is 0.0699. The molecule has 3 heterocycles. The minimum atomic E-state index is -1.05. The van der Waals surface area contributed by atoms with E-state index in [9.17, 15) is 9.90 Å². The van der Waals surface area contributed by atoms with Crippen molar-refractivity contribution < 1.29 is 14.3 Å². The van der Waals surface area contributed by atoms with Crippen molar-refractivity contribution >= 4 is 11.6 Å². The number of hydrogen-bond acceptors (Lipinski definition) is 4. The average molecular weight is 305 g/mol. The number of carboxylic acid groups (broad SMARTS) is 1. The minimum Gasteiger partial charge on any atom is -0.477 e. The van der Waals surface area contributed by atoms with Crippen molar-refractivity contribution in [2.45, 2.75) is 0 Å². The summed E-state index contributed by atoms with van der Waals surface area (Å²) in [6, 6.07) is 11.5. The van der Waals surface area contributed by atoms with E-state index in [0.717, 1.165) is 22.4 Å². The quantitative estimate of drug-likeness (QED) is 0.627. The van der Waals surface area contributed by atoms with E-state index in [-0.39, 0.29) is 5.56 Å². The maximum atomic E-state index is 11.3. The van der Waals surface area contributed by atoms with Gasteiger partial charge in [-0.1, -0.05) is 30.3 Å². The molecule has 0 bridgehead atoms. The van der Waals surface area contributed by atoms with Crippen LogP contribution < -0.4 is 0 Å². The molecule has 0 amide bonds. The molecule has 3 aromatic heterocycles. The smallest absolute Gasteiger partial charge is 0.341 e. The Balaban J connectivity index is 2.09. The van der Waals surface area contributed by atoms with Crippen LogP contribution in [0.25, 0.3) is 28.0 Å². The molecule has 0 aliphatic carbocycles. The van der Waals surface area contributed by atoms with E-state index in [0.29, 0.717) is 5.65 Å². The summed E-state index contributed by atoms with van der Waals surface area (Å²) in [5.41, 5.74) is 3.73. The highest BCUT2D eigenvalue weighted by Gasteiger charge is 2.19. The summed E-state index contributed by atoms with van der Waals surface area (Å²) in [4.78, 5) is 15.6. The number of nitrogens with zero attached hydrogens (tertiary/aromatic N) is 3. The molecule has 4 aromatic rings. The number of furan rings is 1. The molecule has 0 aliphatic rings. The maximum absolute atomic E-state index is 11.3. The standard InChI is InChI=1S/C17H11N3O3/c21-17(22)14-9-19-20-15(11-4-2-1-3-5-11)13(8-18-16(14)20)12-6-7-23-10-12/h1-10H,(H,21,22). The third kappa shape index (κ3) is 2.08. The van der Waals surface area contributed by atoms with E-state index in [1.807, 2.05) is 36.4 Å². The molecule has 0 atom stereocenters. The third-order valence-corrected chi connectivity index (χ3v) is 3.64. The minimum absolute atomic E-state index is 0.0703. The first-order valence-electron chi connectivity index (χ1n) is 6.94. The zero-order valence-corrected chi connectivity index (χ0v) is 11.9. The van der Waals surface area contributed by atoms with Gasteiger partial charge in [0.1, 0.15) is 5.56 Å². The van der Waals surface area contributed by atoms with Gasteiger partial charge in [0.2, 0.25) is 0 Å². The zero-order valence-electron chi connectivity index (χ0n) is 11.9. The van der Waals surface area contributed by atoms with Crippen LogP contribution in [0.15, 0.2) is 65.7 Å². The van der Waals surface area contributed by atoms with Crippen LogP contribution in [0, 0.1) is 0 Å². The SMILES string of the molecule is O=C(O)c1cnn2c(-c3ccccc3)c(-c3ccoc3)cnc12. The van der Waals surface area contributed by atoms with E-state index in [1.165, 1.54) is 6.20 Å². The molecule has 112 valence electrons. The van der Waals surface area contributed by atoms with Gasteiger partial charge in [-0.05, 0) is 6.07 Å². The van der Waals surface area contributed by atoms with Gasteiger partial charge >= 0.3 is 5.97 Å². The van der Waals surface area contributed by atoms with Gasteiger partial charge in [0.15, 0.2) is 5.65 Å². The first-order chi connectivity index (χ1) is 11.3. The normalized spacial score (nSPS) is 11.0. The number of hydrogen-bond donors (Lipinski definition) is 1. The molecule has 0 radical (unpaired) electrons. The van der Waals surface area contributed by atoms with E-state index >= 15 is 0 Å². The molecular weight excluding hydrogens is 294 g/mol. The first-order valence-corrected chi connectivity index (χ1v) is 6.94. The van der Waals surface area contributed by atoms with Gasteiger partial charge in [0.05, 0.1) is 24.4 Å². The molecule has 23 heavy (non-hydrogen) atoms. The number of carboxylic acids is 1. The Morgan fingerprint density at radius 2 is 1.91 bits per heavy atom. The summed E-state index contributed by atoms with van der Waals surface area (Å²) >= 11 is 0. The van der Waals surface area contributed by atoms with Crippen molar-refractivity contribution in [1.29, 1.82) is 0 Å². The molecule has 4 rings (SSSR count). The van der Waals surface area contributed by atoms with Crippen LogP contribution in [-0.4, -0.2) is 25.7 Å². The Morgan fingerprint density at radius 3 is 2.61 bits per heavy atom. The zero-order chi connectivity index (χ0) is 15.8. The fraction of sp³-hybridized carbons (Fsp3) is 0. The second kappa shape index (κ2) is 5.10. The number of carbonyl (C=O) groups is 1. The molecule has 0 unspecified atom stereocenters. The molecule has 0 spiro atoms. The fourth-order valence-electron chi connectivity index (χ4n) is 2.58. The Morgan fingerprint density at radius 1 is 1.09 bits per heavy atom. The number of benzene rings is 1. The Kier molecular flexibility index (Phi) is 2.94. The van der Waals surface area contributed by atoms with Crippen molar-refractivity contribution in [3.63, 3.8) is 0 Å². The van der Waals surface area contributed by atoms with Crippen molar-refractivity contribution in [3.8, 4) is 22.4 Å². The average Bonchev–Trinajstić information content (AvgIpc) is 3.24. The summed E-state index contributed by atoms with van der Waals surface area (Å²) in [5.74, 6) is -1.05. The second-order valence-electron chi connectivity index (χ2n) is 5.00. The lowest BCUT2D eigenvalue weighted by atomic mass is 10.0. The van der Waals surface area contributed by atoms with Crippen molar-refractivity contribution in [3.05, 3.63) is 66.9 Å². The number of aromatic carboxylic acids is 1. The van der Waals surface area contributed by atoms with Crippen molar-refractivity contribution in [2.75, 3.05) is 0 Å². The molecule has 6 heteroatoms. The van der Waals surface area contributed by atoms with Crippen LogP contribution in [0.4, 0.5) is 0 Å². The number of aromatic nitrogens is 3. The summed E-state index contributed by atoms with van der Waals surface area (Å²) in [6.45, 7) is 0. The highest BCUT2D eigenvalue weighted by Crippen LogP contribution is 2.32. The predicted octanol–water partition coefficient (Wildman–Crippen LogP) is 3.35. The molecular formula is C17H11N3O3. The molecule has 1 aromatic carbocycles. The molecule has 0 aliphatic heterocycles. The van der Waals surface area contributed by atoms with Gasteiger partial charge in [-0.15, -0.1) is 0 Å². The molecule has 1 N–H and O–H groups in total. The lowest BCUT2D eigenvalue weighted by Crippen LogP contribution is -2.02. The highest BCUT2D eigenvalue weighted by molar-refractivity contribution is 5.95. The van der Waals surface area contributed by atoms with E-state index in [4.69, 9.17) is 4.42 Å². The summed E-state index contributed by atoms with van der Waals surface area (Å²) in [6.07, 6.45) is 6.17. The molecule has 6 nitrogen and oxygen atoms in total. The van der Waals surface area contributed by atoms with Gasteiger partial charge in [0, 0.05) is 22.9 Å². The van der Waals surface area contributed by atoms with Crippen LogP contribution in [0.1, 0.15) is 10.4 Å². The maximum Gasteiger partial charge on any atom is 0.341 e. The van der Waals surface area contributed by atoms with E-state index in [1.54, 1.807) is 23.2 Å². The summed E-state index contributed by atoms with van der Waals surface area (Å²) in [7, 11) is 0.